The van der Waals surface area contributed by atoms with E-state index in [0.717, 1.165) is 12.1 Å². The molecule has 1 aromatic carbocycles. The van der Waals surface area contributed by atoms with Crippen molar-refractivity contribution in [3.8, 4) is 6.07 Å². The molecule has 0 aliphatic rings. The normalized spacial score (nSPS) is 12.3. The molecule has 1 atom stereocenters. The lowest BCUT2D eigenvalue weighted by molar-refractivity contribution is 0.325. The predicted molar refractivity (Wildman–Crippen MR) is 62.7 cm³/mol. The lowest BCUT2D eigenvalue weighted by Gasteiger charge is -2.21. The van der Waals surface area contributed by atoms with Gasteiger partial charge in [-0.25, -0.2) is 8.78 Å². The number of likely N-dealkylation sites (N-methyl/N-ethyl adjacent to an activating group) is 1. The van der Waals surface area contributed by atoms with Crippen molar-refractivity contribution in [1.82, 2.24) is 4.90 Å². The molecule has 0 fully saturated rings. The maximum absolute atomic E-state index is 13.5. The van der Waals surface area contributed by atoms with Crippen LogP contribution in [0.15, 0.2) is 12.1 Å². The van der Waals surface area contributed by atoms with E-state index in [1.54, 1.807) is 6.07 Å². The van der Waals surface area contributed by atoms with Gasteiger partial charge in [0.15, 0.2) is 11.6 Å². The summed E-state index contributed by atoms with van der Waals surface area (Å²) in [6.45, 7) is 2.36. The highest BCUT2D eigenvalue weighted by atomic mass is 19.1. The molecular weight excluding hydrogens is 224 g/mol. The van der Waals surface area contributed by atoms with E-state index in [1.165, 1.54) is 0 Å². The summed E-state index contributed by atoms with van der Waals surface area (Å²) < 4.78 is 27.0. The van der Waals surface area contributed by atoms with Gasteiger partial charge in [-0.1, -0.05) is 0 Å². The zero-order chi connectivity index (χ0) is 13.0. The van der Waals surface area contributed by atoms with Gasteiger partial charge in [-0.2, -0.15) is 5.26 Å². The molecule has 1 N–H and O–H groups in total. The Kier molecular flexibility index (Phi) is 4.41. The lowest BCUT2D eigenvalue weighted by Crippen LogP contribution is -2.31. The van der Waals surface area contributed by atoms with Gasteiger partial charge in [-0.3, -0.25) is 0 Å². The van der Waals surface area contributed by atoms with Crippen molar-refractivity contribution in [3.05, 3.63) is 29.3 Å². The molecule has 3 nitrogen and oxygen atoms in total. The summed E-state index contributed by atoms with van der Waals surface area (Å²) in [6, 6.07) is 3.89. The molecule has 5 heteroatoms. The number of hydrogen-bond donors (Lipinski definition) is 1. The summed E-state index contributed by atoms with van der Waals surface area (Å²) >= 11 is 0. The Hall–Kier alpha value is -1.67. The van der Waals surface area contributed by atoms with Crippen molar-refractivity contribution in [2.24, 2.45) is 0 Å². The highest BCUT2D eigenvalue weighted by molar-refractivity contribution is 5.50. The van der Waals surface area contributed by atoms with Gasteiger partial charge in [-0.15, -0.1) is 0 Å². The van der Waals surface area contributed by atoms with Crippen molar-refractivity contribution in [2.45, 2.75) is 13.0 Å². The molecule has 92 valence electrons. The fourth-order valence-corrected chi connectivity index (χ4v) is 1.24. The number of nitrogens with one attached hydrogen (secondary N) is 1. The van der Waals surface area contributed by atoms with Crippen LogP contribution in [-0.4, -0.2) is 31.6 Å². The van der Waals surface area contributed by atoms with Crippen molar-refractivity contribution in [1.29, 1.82) is 5.26 Å². The third-order valence-corrected chi connectivity index (χ3v) is 2.63. The van der Waals surface area contributed by atoms with Crippen LogP contribution in [0.1, 0.15) is 12.5 Å². The minimum Gasteiger partial charge on any atom is -0.379 e. The SMILES string of the molecule is CC(CNc1c(F)cc(C#N)cc1F)N(C)C. The van der Waals surface area contributed by atoms with Gasteiger partial charge >= 0.3 is 0 Å². The molecule has 0 aliphatic carbocycles. The van der Waals surface area contributed by atoms with E-state index in [1.807, 2.05) is 25.9 Å². The molecule has 0 aromatic heterocycles. The number of nitriles is 1. The van der Waals surface area contributed by atoms with E-state index in [9.17, 15) is 8.78 Å². The van der Waals surface area contributed by atoms with E-state index in [4.69, 9.17) is 5.26 Å². The van der Waals surface area contributed by atoms with Crippen LogP contribution in [0, 0.1) is 23.0 Å². The first-order valence-electron chi connectivity index (χ1n) is 5.25. The molecule has 0 aliphatic heterocycles. The molecule has 0 bridgehead atoms. The Morgan fingerprint density at radius 1 is 1.35 bits per heavy atom. The molecule has 17 heavy (non-hydrogen) atoms. The summed E-state index contributed by atoms with van der Waals surface area (Å²) in [7, 11) is 3.77. The Morgan fingerprint density at radius 2 is 1.88 bits per heavy atom. The quantitative estimate of drug-likeness (QED) is 0.875. The van der Waals surface area contributed by atoms with Crippen LogP contribution in [0.25, 0.3) is 0 Å². The van der Waals surface area contributed by atoms with Crippen LogP contribution in [0.5, 0.6) is 0 Å². The molecule has 0 radical (unpaired) electrons. The minimum atomic E-state index is -0.743. The monoisotopic (exact) mass is 239 g/mol. The lowest BCUT2D eigenvalue weighted by atomic mass is 10.2. The summed E-state index contributed by atoms with van der Waals surface area (Å²) in [5.74, 6) is -1.49. The van der Waals surface area contributed by atoms with Gasteiger partial charge in [0, 0.05) is 12.6 Å². The van der Waals surface area contributed by atoms with Gasteiger partial charge in [0.05, 0.1) is 11.6 Å². The second kappa shape index (κ2) is 5.60. The molecule has 1 unspecified atom stereocenters. The second-order valence-electron chi connectivity index (χ2n) is 4.12. The van der Waals surface area contributed by atoms with Crippen molar-refractivity contribution < 1.29 is 8.78 Å². The van der Waals surface area contributed by atoms with Crippen LogP contribution < -0.4 is 5.32 Å². The number of nitrogens with zero attached hydrogens (tertiary/aromatic N) is 2. The van der Waals surface area contributed by atoms with Gasteiger partial charge in [0.1, 0.15) is 5.69 Å². The molecule has 0 amide bonds. The molecule has 0 saturated heterocycles. The van der Waals surface area contributed by atoms with Gasteiger partial charge in [0.2, 0.25) is 0 Å². The van der Waals surface area contributed by atoms with Gasteiger partial charge in [-0.05, 0) is 33.2 Å². The van der Waals surface area contributed by atoms with E-state index in [-0.39, 0.29) is 17.3 Å². The summed E-state index contributed by atoms with van der Waals surface area (Å²) in [6.07, 6.45) is 0. The van der Waals surface area contributed by atoms with Crippen LogP contribution in [-0.2, 0) is 0 Å². The Balaban J connectivity index is 2.82. The van der Waals surface area contributed by atoms with Crippen LogP contribution in [0.4, 0.5) is 14.5 Å². The molecular formula is C12H15F2N3. The fraction of sp³-hybridized carbons (Fsp3) is 0.417. The maximum Gasteiger partial charge on any atom is 0.150 e. The Morgan fingerprint density at radius 3 is 2.29 bits per heavy atom. The van der Waals surface area contributed by atoms with Crippen LogP contribution in [0.2, 0.25) is 0 Å². The highest BCUT2D eigenvalue weighted by Gasteiger charge is 2.12. The maximum atomic E-state index is 13.5. The van der Waals surface area contributed by atoms with Gasteiger partial charge < -0.3 is 10.2 Å². The minimum absolute atomic E-state index is 0.0220. The van der Waals surface area contributed by atoms with Gasteiger partial charge in [0.25, 0.3) is 0 Å². The third kappa shape index (κ3) is 3.40. The summed E-state index contributed by atoms with van der Waals surface area (Å²) in [5, 5.41) is 11.3. The highest BCUT2D eigenvalue weighted by Crippen LogP contribution is 2.20. The van der Waals surface area contributed by atoms with Crippen LogP contribution >= 0.6 is 0 Å². The standard InChI is InChI=1S/C12H15F2N3/c1-8(17(2)3)7-16-12-10(13)4-9(6-15)5-11(12)14/h4-5,8,16H,7H2,1-3H3. The van der Waals surface area contributed by atoms with E-state index in [2.05, 4.69) is 5.32 Å². The summed E-state index contributed by atoms with van der Waals surface area (Å²) in [4.78, 5) is 1.94. The van der Waals surface area contributed by atoms with Crippen molar-refractivity contribution in [2.75, 3.05) is 26.0 Å². The average Bonchev–Trinajstić information content (AvgIpc) is 2.27. The molecule has 1 rings (SSSR count). The Labute approximate surface area is 99.7 Å². The van der Waals surface area contributed by atoms with E-state index in [0.29, 0.717) is 6.54 Å². The van der Waals surface area contributed by atoms with Crippen LogP contribution in [0.3, 0.4) is 0 Å². The summed E-state index contributed by atoms with van der Waals surface area (Å²) in [5.41, 5.74) is -0.205. The predicted octanol–water partition coefficient (Wildman–Crippen LogP) is 2.20. The molecule has 0 spiro atoms. The number of halogens is 2. The second-order valence-corrected chi connectivity index (χ2v) is 4.12. The first-order chi connectivity index (χ1) is 7.95. The number of benzene rings is 1. The van der Waals surface area contributed by atoms with E-state index < -0.39 is 11.6 Å². The van der Waals surface area contributed by atoms with Crippen molar-refractivity contribution in [3.63, 3.8) is 0 Å². The molecule has 0 saturated carbocycles. The van der Waals surface area contributed by atoms with E-state index >= 15 is 0 Å². The first kappa shape index (κ1) is 13.4. The fourth-order valence-electron chi connectivity index (χ4n) is 1.24. The first-order valence-corrected chi connectivity index (χ1v) is 5.25. The smallest absolute Gasteiger partial charge is 0.150 e. The number of rotatable bonds is 4. The molecule has 1 aromatic rings. The largest absolute Gasteiger partial charge is 0.379 e. The zero-order valence-corrected chi connectivity index (χ0v) is 10.1. The number of hydrogen-bond acceptors (Lipinski definition) is 3. The number of anilines is 1. The average molecular weight is 239 g/mol. The molecule has 0 heterocycles. The topological polar surface area (TPSA) is 39.1 Å². The third-order valence-electron chi connectivity index (χ3n) is 2.63. The zero-order valence-electron chi connectivity index (χ0n) is 10.1. The Bertz CT molecular complexity index is 415. The van der Waals surface area contributed by atoms with Crippen molar-refractivity contribution >= 4 is 5.69 Å².